The van der Waals surface area contributed by atoms with Gasteiger partial charge in [0.15, 0.2) is 0 Å². The summed E-state index contributed by atoms with van der Waals surface area (Å²) in [6.07, 6.45) is 7.30. The summed E-state index contributed by atoms with van der Waals surface area (Å²) in [5, 5.41) is 7.14. The van der Waals surface area contributed by atoms with Crippen molar-refractivity contribution in [1.29, 1.82) is 0 Å². The standard InChI is InChI=1S/C22H30N2/c1-17-15-21-11-9-19(17)7-8-20-10-12-22(16-18(20)2)24-14-6-4-3-5-13-23-21/h9-12,15-16,23-24H,3-8,13-14H2,1-2H3. The van der Waals surface area contributed by atoms with Crippen molar-refractivity contribution in [3.05, 3.63) is 58.7 Å². The Morgan fingerprint density at radius 1 is 0.625 bits per heavy atom. The number of nitrogens with one attached hydrogen (secondary N) is 2. The Kier molecular flexibility index (Phi) is 5.79. The fraction of sp³-hybridized carbons (Fsp3) is 0.455. The highest BCUT2D eigenvalue weighted by Crippen LogP contribution is 2.21. The molecular weight excluding hydrogens is 292 g/mol. The van der Waals surface area contributed by atoms with Crippen LogP contribution in [0, 0.1) is 13.8 Å². The zero-order chi connectivity index (χ0) is 16.8. The summed E-state index contributed by atoms with van der Waals surface area (Å²) in [6.45, 7) is 6.62. The largest absolute Gasteiger partial charge is 0.385 e. The topological polar surface area (TPSA) is 24.1 Å². The summed E-state index contributed by atoms with van der Waals surface area (Å²) in [6, 6.07) is 13.7. The Morgan fingerprint density at radius 2 is 1.08 bits per heavy atom. The molecule has 2 nitrogen and oxygen atoms in total. The number of anilines is 2. The summed E-state index contributed by atoms with van der Waals surface area (Å²) in [4.78, 5) is 0. The maximum absolute atomic E-state index is 3.57. The Hall–Kier alpha value is -1.96. The van der Waals surface area contributed by atoms with E-state index in [0.29, 0.717) is 0 Å². The molecule has 0 radical (unpaired) electrons. The lowest BCUT2D eigenvalue weighted by molar-refractivity contribution is 0.670. The zero-order valence-electron chi connectivity index (χ0n) is 15.1. The molecule has 3 aliphatic rings. The smallest absolute Gasteiger partial charge is 0.0343 e. The van der Waals surface area contributed by atoms with Crippen LogP contribution in [0.3, 0.4) is 0 Å². The minimum Gasteiger partial charge on any atom is -0.385 e. The van der Waals surface area contributed by atoms with Crippen molar-refractivity contribution in [1.82, 2.24) is 0 Å². The fourth-order valence-corrected chi connectivity index (χ4v) is 3.51. The summed E-state index contributed by atoms with van der Waals surface area (Å²) in [5.41, 5.74) is 8.25. The molecule has 0 aromatic heterocycles. The van der Waals surface area contributed by atoms with Gasteiger partial charge in [-0.1, -0.05) is 25.0 Å². The second kappa shape index (κ2) is 8.23. The first-order valence-electron chi connectivity index (χ1n) is 9.39. The highest BCUT2D eigenvalue weighted by Gasteiger charge is 2.05. The van der Waals surface area contributed by atoms with E-state index in [-0.39, 0.29) is 0 Å². The van der Waals surface area contributed by atoms with Crippen molar-refractivity contribution >= 4 is 11.4 Å². The van der Waals surface area contributed by atoms with E-state index >= 15 is 0 Å². The van der Waals surface area contributed by atoms with Crippen molar-refractivity contribution < 1.29 is 0 Å². The SMILES string of the molecule is Cc1cc2ccc1CCc1ccc(cc1C)NCCCCCCN2. The van der Waals surface area contributed by atoms with Gasteiger partial charge in [-0.05, 0) is 86.1 Å². The second-order valence-electron chi connectivity index (χ2n) is 7.05. The Morgan fingerprint density at radius 3 is 1.50 bits per heavy atom. The van der Waals surface area contributed by atoms with Gasteiger partial charge in [0.05, 0.1) is 0 Å². The van der Waals surface area contributed by atoms with E-state index in [1.54, 1.807) is 0 Å². The highest BCUT2D eigenvalue weighted by atomic mass is 14.9. The number of hydrogen-bond donors (Lipinski definition) is 2. The second-order valence-corrected chi connectivity index (χ2v) is 7.05. The fourth-order valence-electron chi connectivity index (χ4n) is 3.51. The average Bonchev–Trinajstić information content (AvgIpc) is 2.57. The quantitative estimate of drug-likeness (QED) is 0.670. The van der Waals surface area contributed by atoms with Gasteiger partial charge in [-0.2, -0.15) is 0 Å². The van der Waals surface area contributed by atoms with Gasteiger partial charge in [0.1, 0.15) is 0 Å². The molecule has 0 aliphatic carbocycles. The van der Waals surface area contributed by atoms with Crippen LogP contribution in [0.1, 0.15) is 47.9 Å². The third-order valence-electron chi connectivity index (χ3n) is 5.11. The minimum atomic E-state index is 1.08. The predicted octanol–water partition coefficient (Wildman–Crippen LogP) is 5.49. The van der Waals surface area contributed by atoms with Crippen LogP contribution in [-0.2, 0) is 12.8 Å². The number of fused-ring (bicyclic) bond motifs is 2. The van der Waals surface area contributed by atoms with Crippen LogP contribution in [0.2, 0.25) is 0 Å². The van der Waals surface area contributed by atoms with Crippen LogP contribution >= 0.6 is 0 Å². The van der Waals surface area contributed by atoms with E-state index in [1.807, 2.05) is 0 Å². The molecule has 128 valence electrons. The highest BCUT2D eigenvalue weighted by molar-refractivity contribution is 5.50. The number of benzene rings is 2. The Balaban J connectivity index is 1.78. The molecule has 4 bridgehead atoms. The molecule has 2 heteroatoms. The maximum Gasteiger partial charge on any atom is 0.0343 e. The molecule has 5 rings (SSSR count). The van der Waals surface area contributed by atoms with E-state index in [2.05, 4.69) is 60.9 Å². The molecule has 0 spiro atoms. The van der Waals surface area contributed by atoms with Gasteiger partial charge >= 0.3 is 0 Å². The predicted molar refractivity (Wildman–Crippen MR) is 105 cm³/mol. The molecule has 2 aromatic carbocycles. The van der Waals surface area contributed by atoms with Crippen molar-refractivity contribution in [3.63, 3.8) is 0 Å². The van der Waals surface area contributed by atoms with E-state index in [0.717, 1.165) is 25.9 Å². The lowest BCUT2D eigenvalue weighted by atomic mass is 9.97. The van der Waals surface area contributed by atoms with Gasteiger partial charge in [0.25, 0.3) is 0 Å². The molecule has 0 fully saturated rings. The molecular formula is C22H30N2. The van der Waals surface area contributed by atoms with Gasteiger partial charge in [-0.25, -0.2) is 0 Å². The van der Waals surface area contributed by atoms with Gasteiger partial charge in [0, 0.05) is 24.5 Å². The van der Waals surface area contributed by atoms with Crippen LogP contribution in [0.4, 0.5) is 11.4 Å². The van der Waals surface area contributed by atoms with Crippen LogP contribution in [0.25, 0.3) is 0 Å². The molecule has 0 atom stereocenters. The van der Waals surface area contributed by atoms with E-state index in [4.69, 9.17) is 0 Å². The molecule has 0 amide bonds. The molecule has 2 aromatic rings. The van der Waals surface area contributed by atoms with E-state index < -0.39 is 0 Å². The molecule has 2 N–H and O–H groups in total. The molecule has 0 saturated heterocycles. The molecule has 3 aliphatic heterocycles. The maximum atomic E-state index is 3.57. The van der Waals surface area contributed by atoms with Crippen LogP contribution < -0.4 is 10.6 Å². The van der Waals surface area contributed by atoms with Gasteiger partial charge in [0.2, 0.25) is 0 Å². The monoisotopic (exact) mass is 322 g/mol. The van der Waals surface area contributed by atoms with Crippen LogP contribution in [0.15, 0.2) is 36.4 Å². The van der Waals surface area contributed by atoms with Crippen molar-refractivity contribution in [2.24, 2.45) is 0 Å². The van der Waals surface area contributed by atoms with E-state index in [9.17, 15) is 0 Å². The molecule has 0 unspecified atom stereocenters. The lowest BCUT2D eigenvalue weighted by Crippen LogP contribution is -2.05. The number of hydrogen-bond acceptors (Lipinski definition) is 2. The molecule has 0 saturated carbocycles. The summed E-state index contributed by atoms with van der Waals surface area (Å²) in [5.74, 6) is 0. The minimum absolute atomic E-state index is 1.08. The van der Waals surface area contributed by atoms with E-state index in [1.165, 1.54) is 59.3 Å². The van der Waals surface area contributed by atoms with Crippen molar-refractivity contribution in [3.8, 4) is 0 Å². The Labute approximate surface area is 146 Å². The Bertz CT molecular complexity index is 616. The third-order valence-corrected chi connectivity index (χ3v) is 5.11. The number of aryl methyl sites for hydroxylation is 4. The summed E-state index contributed by atoms with van der Waals surface area (Å²) < 4.78 is 0. The molecule has 3 heterocycles. The zero-order valence-corrected chi connectivity index (χ0v) is 15.1. The normalized spacial score (nSPS) is 16.1. The number of rotatable bonds is 0. The summed E-state index contributed by atoms with van der Waals surface area (Å²) >= 11 is 0. The molecule has 24 heavy (non-hydrogen) atoms. The van der Waals surface area contributed by atoms with Gasteiger partial charge in [-0.15, -0.1) is 0 Å². The third kappa shape index (κ3) is 4.53. The summed E-state index contributed by atoms with van der Waals surface area (Å²) in [7, 11) is 0. The first kappa shape index (κ1) is 16.9. The first-order chi connectivity index (χ1) is 11.7. The average molecular weight is 322 g/mol. The van der Waals surface area contributed by atoms with Gasteiger partial charge in [-0.3, -0.25) is 0 Å². The van der Waals surface area contributed by atoms with Crippen molar-refractivity contribution in [2.75, 3.05) is 23.7 Å². The van der Waals surface area contributed by atoms with Crippen LogP contribution in [0.5, 0.6) is 0 Å². The lowest BCUT2D eigenvalue weighted by Gasteiger charge is -2.14. The van der Waals surface area contributed by atoms with Gasteiger partial charge < -0.3 is 10.6 Å². The first-order valence-corrected chi connectivity index (χ1v) is 9.39. The van der Waals surface area contributed by atoms with Crippen molar-refractivity contribution in [2.45, 2.75) is 52.4 Å². The van der Waals surface area contributed by atoms with Crippen LogP contribution in [-0.4, -0.2) is 13.1 Å².